The summed E-state index contributed by atoms with van der Waals surface area (Å²) in [5.41, 5.74) is 1.05. The van der Waals surface area contributed by atoms with E-state index in [0.717, 1.165) is 23.4 Å². The van der Waals surface area contributed by atoms with Crippen molar-refractivity contribution in [3.8, 4) is 0 Å². The Labute approximate surface area is 119 Å². The minimum atomic E-state index is -0.455. The van der Waals surface area contributed by atoms with E-state index in [4.69, 9.17) is 16.3 Å². The number of benzene rings is 1. The van der Waals surface area contributed by atoms with E-state index in [-0.39, 0.29) is 0 Å². The van der Waals surface area contributed by atoms with Crippen molar-refractivity contribution in [3.05, 3.63) is 34.9 Å². The predicted molar refractivity (Wildman–Crippen MR) is 77.4 cm³/mol. The summed E-state index contributed by atoms with van der Waals surface area (Å²) in [6.45, 7) is 1.61. The van der Waals surface area contributed by atoms with E-state index < -0.39 is 6.10 Å². The average Bonchev–Trinajstić information content (AvgIpc) is 2.92. The number of nitrogens with one attached hydrogen (secondary N) is 1. The third kappa shape index (κ3) is 5.11. The summed E-state index contributed by atoms with van der Waals surface area (Å²) in [6.07, 6.45) is 4.69. The smallest absolute Gasteiger partial charge is 0.0897 e. The van der Waals surface area contributed by atoms with E-state index in [9.17, 15) is 5.11 Å². The molecule has 2 N–H and O–H groups in total. The maximum absolute atomic E-state index is 9.84. The maximum atomic E-state index is 9.84. The summed E-state index contributed by atoms with van der Waals surface area (Å²) in [6, 6.07) is 7.73. The van der Waals surface area contributed by atoms with Gasteiger partial charge in [-0.1, -0.05) is 42.6 Å². The van der Waals surface area contributed by atoms with Crippen LogP contribution in [-0.2, 0) is 11.3 Å². The Morgan fingerprint density at radius 1 is 1.32 bits per heavy atom. The van der Waals surface area contributed by atoms with Gasteiger partial charge in [0.15, 0.2) is 0 Å². The van der Waals surface area contributed by atoms with Gasteiger partial charge in [0.2, 0.25) is 0 Å². The SMILES string of the molecule is OC(CNCc1ccccc1Cl)COC1CCCC1. The molecule has 2 rings (SSSR count). The first-order valence-corrected chi connectivity index (χ1v) is 7.37. The molecule has 1 saturated carbocycles. The third-order valence-corrected chi connectivity index (χ3v) is 3.85. The normalized spacial score (nSPS) is 17.8. The molecule has 0 bridgehead atoms. The molecule has 1 aliphatic rings. The van der Waals surface area contributed by atoms with E-state index >= 15 is 0 Å². The van der Waals surface area contributed by atoms with Crippen molar-refractivity contribution in [2.24, 2.45) is 0 Å². The third-order valence-electron chi connectivity index (χ3n) is 3.48. The van der Waals surface area contributed by atoms with Crippen LogP contribution in [0.25, 0.3) is 0 Å². The largest absolute Gasteiger partial charge is 0.389 e. The van der Waals surface area contributed by atoms with Crippen molar-refractivity contribution in [3.63, 3.8) is 0 Å². The van der Waals surface area contributed by atoms with Crippen LogP contribution >= 0.6 is 11.6 Å². The van der Waals surface area contributed by atoms with Gasteiger partial charge in [-0.3, -0.25) is 0 Å². The van der Waals surface area contributed by atoms with Gasteiger partial charge in [0.1, 0.15) is 0 Å². The number of aliphatic hydroxyl groups is 1. The Kier molecular flexibility index (Phi) is 6.11. The molecule has 1 atom stereocenters. The van der Waals surface area contributed by atoms with Gasteiger partial charge in [0.05, 0.1) is 18.8 Å². The first-order valence-electron chi connectivity index (χ1n) is 6.99. The zero-order chi connectivity index (χ0) is 13.5. The highest BCUT2D eigenvalue weighted by molar-refractivity contribution is 6.31. The van der Waals surface area contributed by atoms with Crippen LogP contribution in [0.2, 0.25) is 5.02 Å². The number of rotatable bonds is 7. The second-order valence-electron chi connectivity index (χ2n) is 5.12. The highest BCUT2D eigenvalue weighted by Gasteiger charge is 2.16. The van der Waals surface area contributed by atoms with Crippen LogP contribution in [0.5, 0.6) is 0 Å². The zero-order valence-corrected chi connectivity index (χ0v) is 11.9. The molecule has 0 heterocycles. The fourth-order valence-electron chi connectivity index (χ4n) is 2.38. The van der Waals surface area contributed by atoms with Crippen molar-refractivity contribution in [1.29, 1.82) is 0 Å². The molecule has 1 aromatic carbocycles. The van der Waals surface area contributed by atoms with Gasteiger partial charge in [-0.25, -0.2) is 0 Å². The lowest BCUT2D eigenvalue weighted by Crippen LogP contribution is -2.31. The van der Waals surface area contributed by atoms with Crippen LogP contribution in [-0.4, -0.2) is 30.5 Å². The Morgan fingerprint density at radius 2 is 2.05 bits per heavy atom. The number of halogens is 1. The van der Waals surface area contributed by atoms with Crippen LogP contribution in [0.1, 0.15) is 31.2 Å². The van der Waals surface area contributed by atoms with Gasteiger partial charge in [-0.15, -0.1) is 0 Å². The van der Waals surface area contributed by atoms with Crippen molar-refractivity contribution in [2.45, 2.75) is 44.4 Å². The van der Waals surface area contributed by atoms with Gasteiger partial charge in [-0.2, -0.15) is 0 Å². The van der Waals surface area contributed by atoms with Crippen molar-refractivity contribution >= 4 is 11.6 Å². The quantitative estimate of drug-likeness (QED) is 0.808. The van der Waals surface area contributed by atoms with Crippen molar-refractivity contribution in [1.82, 2.24) is 5.32 Å². The van der Waals surface area contributed by atoms with Gasteiger partial charge in [-0.05, 0) is 24.5 Å². The summed E-state index contributed by atoms with van der Waals surface area (Å²) < 4.78 is 5.68. The summed E-state index contributed by atoms with van der Waals surface area (Å²) in [5, 5.41) is 13.8. The molecule has 1 aromatic rings. The fraction of sp³-hybridized carbons (Fsp3) is 0.600. The van der Waals surface area contributed by atoms with Crippen LogP contribution in [0.3, 0.4) is 0 Å². The van der Waals surface area contributed by atoms with Crippen LogP contribution in [0, 0.1) is 0 Å². The molecule has 0 aliphatic heterocycles. The van der Waals surface area contributed by atoms with E-state index in [2.05, 4.69) is 5.32 Å². The van der Waals surface area contributed by atoms with E-state index in [1.54, 1.807) is 0 Å². The predicted octanol–water partition coefficient (Wildman–Crippen LogP) is 2.75. The Morgan fingerprint density at radius 3 is 2.79 bits per heavy atom. The highest BCUT2D eigenvalue weighted by atomic mass is 35.5. The molecule has 0 spiro atoms. The number of aliphatic hydroxyl groups excluding tert-OH is 1. The van der Waals surface area contributed by atoms with Gasteiger partial charge < -0.3 is 15.2 Å². The molecule has 19 heavy (non-hydrogen) atoms. The molecule has 0 saturated heterocycles. The van der Waals surface area contributed by atoms with E-state index in [1.807, 2.05) is 24.3 Å². The summed E-state index contributed by atoms with van der Waals surface area (Å²) in [5.74, 6) is 0. The monoisotopic (exact) mass is 283 g/mol. The Balaban J connectivity index is 1.61. The lowest BCUT2D eigenvalue weighted by Gasteiger charge is -2.16. The van der Waals surface area contributed by atoms with Crippen molar-refractivity contribution < 1.29 is 9.84 Å². The minimum absolute atomic E-state index is 0.359. The average molecular weight is 284 g/mol. The van der Waals surface area contributed by atoms with Crippen LogP contribution in [0.15, 0.2) is 24.3 Å². The molecule has 1 fully saturated rings. The fourth-order valence-corrected chi connectivity index (χ4v) is 2.58. The summed E-state index contributed by atoms with van der Waals surface area (Å²) in [7, 11) is 0. The first kappa shape index (κ1) is 14.8. The molecular weight excluding hydrogens is 262 g/mol. The number of ether oxygens (including phenoxy) is 1. The first-order chi connectivity index (χ1) is 9.25. The van der Waals surface area contributed by atoms with Gasteiger partial charge in [0.25, 0.3) is 0 Å². The molecule has 106 valence electrons. The van der Waals surface area contributed by atoms with Crippen LogP contribution in [0.4, 0.5) is 0 Å². The lowest BCUT2D eigenvalue weighted by molar-refractivity contribution is -0.00549. The second-order valence-corrected chi connectivity index (χ2v) is 5.52. The Hall–Kier alpha value is -0.610. The molecule has 0 amide bonds. The number of hydrogen-bond donors (Lipinski definition) is 2. The lowest BCUT2D eigenvalue weighted by atomic mass is 10.2. The van der Waals surface area contributed by atoms with Crippen molar-refractivity contribution in [2.75, 3.05) is 13.2 Å². The standard InChI is InChI=1S/C15H22ClNO2/c16-15-8-4-1-5-12(15)9-17-10-13(18)11-19-14-6-2-3-7-14/h1,4-5,8,13-14,17-18H,2-3,6-7,9-11H2. The molecule has 1 aliphatic carbocycles. The highest BCUT2D eigenvalue weighted by Crippen LogP contribution is 2.20. The second kappa shape index (κ2) is 7.85. The van der Waals surface area contributed by atoms with Crippen LogP contribution < -0.4 is 5.32 Å². The Bertz CT molecular complexity index is 380. The van der Waals surface area contributed by atoms with Gasteiger partial charge >= 0.3 is 0 Å². The minimum Gasteiger partial charge on any atom is -0.389 e. The summed E-state index contributed by atoms with van der Waals surface area (Å²) in [4.78, 5) is 0. The zero-order valence-electron chi connectivity index (χ0n) is 11.1. The van der Waals surface area contributed by atoms with E-state index in [1.165, 1.54) is 12.8 Å². The molecule has 0 aromatic heterocycles. The maximum Gasteiger partial charge on any atom is 0.0897 e. The number of hydrogen-bond acceptors (Lipinski definition) is 3. The molecular formula is C15H22ClNO2. The summed E-state index contributed by atoms with van der Waals surface area (Å²) >= 11 is 6.06. The molecule has 1 unspecified atom stereocenters. The molecule has 0 radical (unpaired) electrons. The van der Waals surface area contributed by atoms with Gasteiger partial charge in [0, 0.05) is 18.1 Å². The topological polar surface area (TPSA) is 41.5 Å². The van der Waals surface area contributed by atoms with E-state index in [0.29, 0.717) is 25.8 Å². The molecule has 4 heteroatoms. The molecule has 3 nitrogen and oxygen atoms in total.